The Morgan fingerprint density at radius 2 is 1.59 bits per heavy atom. The van der Waals surface area contributed by atoms with Crippen LogP contribution in [0.2, 0.25) is 5.02 Å². The molecule has 3 rings (SSSR count). The Bertz CT molecular complexity index is 1280. The van der Waals surface area contributed by atoms with Crippen molar-refractivity contribution < 1.29 is 22.7 Å². The number of nitrogens with zero attached hydrogens (tertiary/aromatic N) is 1. The molecular formula is C24H24ClN3O5S. The second kappa shape index (κ2) is 11.0. The third kappa shape index (κ3) is 7.23. The summed E-state index contributed by atoms with van der Waals surface area (Å²) >= 11 is 6.19. The molecule has 0 spiro atoms. The van der Waals surface area contributed by atoms with E-state index in [-0.39, 0.29) is 25.0 Å². The van der Waals surface area contributed by atoms with Gasteiger partial charge in [-0.25, -0.2) is 8.42 Å². The van der Waals surface area contributed by atoms with Crippen molar-refractivity contribution in [2.24, 2.45) is 0 Å². The van der Waals surface area contributed by atoms with E-state index < -0.39 is 10.0 Å². The van der Waals surface area contributed by atoms with Crippen molar-refractivity contribution in [1.29, 1.82) is 0 Å². The van der Waals surface area contributed by atoms with Gasteiger partial charge in [0.2, 0.25) is 15.9 Å². The summed E-state index contributed by atoms with van der Waals surface area (Å²) in [6.07, 6.45) is 1.12. The molecule has 3 aromatic rings. The Kier molecular flexibility index (Phi) is 8.14. The zero-order chi connectivity index (χ0) is 24.7. The summed E-state index contributed by atoms with van der Waals surface area (Å²) in [6, 6.07) is 20.1. The first-order chi connectivity index (χ1) is 16.1. The maximum Gasteiger partial charge on any atom is 0.262 e. The molecule has 178 valence electrons. The SMILES string of the molecule is CC(=O)Nc1cccc(NC(=O)COc2ccc(N(Cc3ccccc3Cl)S(C)(=O)=O)cc2)c1. The van der Waals surface area contributed by atoms with Gasteiger partial charge >= 0.3 is 0 Å². The number of nitrogens with one attached hydrogen (secondary N) is 2. The van der Waals surface area contributed by atoms with E-state index in [0.29, 0.717) is 33.4 Å². The van der Waals surface area contributed by atoms with Gasteiger partial charge in [-0.05, 0) is 54.1 Å². The number of hydrogen-bond acceptors (Lipinski definition) is 5. The smallest absolute Gasteiger partial charge is 0.262 e. The zero-order valence-electron chi connectivity index (χ0n) is 18.6. The monoisotopic (exact) mass is 501 g/mol. The number of benzene rings is 3. The quantitative estimate of drug-likeness (QED) is 0.455. The molecule has 34 heavy (non-hydrogen) atoms. The molecule has 0 saturated heterocycles. The van der Waals surface area contributed by atoms with Gasteiger partial charge in [0.25, 0.3) is 5.91 Å². The van der Waals surface area contributed by atoms with Crippen LogP contribution < -0.4 is 19.7 Å². The van der Waals surface area contributed by atoms with Crippen molar-refractivity contribution in [2.75, 3.05) is 27.8 Å². The van der Waals surface area contributed by atoms with E-state index in [4.69, 9.17) is 16.3 Å². The van der Waals surface area contributed by atoms with Crippen molar-refractivity contribution in [2.45, 2.75) is 13.5 Å². The van der Waals surface area contributed by atoms with Crippen LogP contribution in [0.3, 0.4) is 0 Å². The highest BCUT2D eigenvalue weighted by atomic mass is 35.5. The molecule has 2 amide bonds. The number of sulfonamides is 1. The van der Waals surface area contributed by atoms with Gasteiger partial charge < -0.3 is 15.4 Å². The Hall–Kier alpha value is -3.56. The first-order valence-corrected chi connectivity index (χ1v) is 12.5. The molecule has 0 atom stereocenters. The Morgan fingerprint density at radius 3 is 2.21 bits per heavy atom. The van der Waals surface area contributed by atoms with E-state index in [1.54, 1.807) is 72.8 Å². The molecule has 2 N–H and O–H groups in total. The highest BCUT2D eigenvalue weighted by Gasteiger charge is 2.19. The maximum atomic E-state index is 12.4. The predicted molar refractivity (Wildman–Crippen MR) is 134 cm³/mol. The second-order valence-corrected chi connectivity index (χ2v) is 9.77. The Labute approximate surface area is 203 Å². The largest absolute Gasteiger partial charge is 0.484 e. The van der Waals surface area contributed by atoms with Crippen molar-refractivity contribution in [3.05, 3.63) is 83.4 Å². The summed E-state index contributed by atoms with van der Waals surface area (Å²) in [7, 11) is -3.57. The lowest BCUT2D eigenvalue weighted by Crippen LogP contribution is -2.29. The third-order valence-electron chi connectivity index (χ3n) is 4.63. The van der Waals surface area contributed by atoms with Gasteiger partial charge in [-0.15, -0.1) is 0 Å². The van der Waals surface area contributed by atoms with Crippen LogP contribution in [-0.2, 0) is 26.2 Å². The highest BCUT2D eigenvalue weighted by molar-refractivity contribution is 7.92. The van der Waals surface area contributed by atoms with Crippen molar-refractivity contribution in [1.82, 2.24) is 0 Å². The molecular weight excluding hydrogens is 478 g/mol. The number of hydrogen-bond donors (Lipinski definition) is 2. The van der Waals surface area contributed by atoms with Gasteiger partial charge in [-0.1, -0.05) is 35.9 Å². The van der Waals surface area contributed by atoms with Gasteiger partial charge in [0.05, 0.1) is 18.5 Å². The Morgan fingerprint density at radius 1 is 0.941 bits per heavy atom. The molecule has 0 fully saturated rings. The number of rotatable bonds is 9. The molecule has 0 bridgehead atoms. The van der Waals surface area contributed by atoms with Crippen LogP contribution in [0.4, 0.5) is 17.1 Å². The first-order valence-electron chi connectivity index (χ1n) is 10.2. The number of amides is 2. The predicted octanol–water partition coefficient (Wildman–Crippen LogP) is 4.28. The van der Waals surface area contributed by atoms with E-state index in [2.05, 4.69) is 10.6 Å². The molecule has 0 saturated carbocycles. The summed E-state index contributed by atoms with van der Waals surface area (Å²) in [5.41, 5.74) is 2.19. The fourth-order valence-electron chi connectivity index (χ4n) is 3.11. The molecule has 3 aromatic carbocycles. The molecule has 0 aliphatic carbocycles. The van der Waals surface area contributed by atoms with Gasteiger partial charge in [-0.3, -0.25) is 13.9 Å². The van der Waals surface area contributed by atoms with E-state index in [0.717, 1.165) is 6.26 Å². The number of carbonyl (C=O) groups excluding carboxylic acids is 2. The summed E-state index contributed by atoms with van der Waals surface area (Å²) in [5.74, 6) is -0.200. The molecule has 10 heteroatoms. The molecule has 0 heterocycles. The lowest BCUT2D eigenvalue weighted by Gasteiger charge is -2.23. The van der Waals surface area contributed by atoms with E-state index in [9.17, 15) is 18.0 Å². The summed E-state index contributed by atoms with van der Waals surface area (Å²) in [5, 5.41) is 5.81. The van der Waals surface area contributed by atoms with E-state index in [1.807, 2.05) is 0 Å². The van der Waals surface area contributed by atoms with Crippen LogP contribution in [0.25, 0.3) is 0 Å². The molecule has 0 aliphatic rings. The molecule has 0 radical (unpaired) electrons. The van der Waals surface area contributed by atoms with E-state index in [1.165, 1.54) is 11.2 Å². The highest BCUT2D eigenvalue weighted by Crippen LogP contribution is 2.26. The second-order valence-electron chi connectivity index (χ2n) is 7.45. The average molecular weight is 502 g/mol. The fourth-order valence-corrected chi connectivity index (χ4v) is 4.19. The lowest BCUT2D eigenvalue weighted by atomic mass is 10.2. The van der Waals surface area contributed by atoms with E-state index >= 15 is 0 Å². The fraction of sp³-hybridized carbons (Fsp3) is 0.167. The van der Waals surface area contributed by atoms with Crippen LogP contribution in [0.15, 0.2) is 72.8 Å². The van der Waals surface area contributed by atoms with Crippen molar-refractivity contribution in [3.8, 4) is 5.75 Å². The summed E-state index contributed by atoms with van der Waals surface area (Å²) in [6.45, 7) is 1.23. The van der Waals surface area contributed by atoms with Crippen molar-refractivity contribution >= 4 is 50.5 Å². The van der Waals surface area contributed by atoms with Crippen LogP contribution >= 0.6 is 11.6 Å². The summed E-state index contributed by atoms with van der Waals surface area (Å²) in [4.78, 5) is 23.4. The Balaban J connectivity index is 1.63. The molecule has 0 aromatic heterocycles. The zero-order valence-corrected chi connectivity index (χ0v) is 20.2. The lowest BCUT2D eigenvalue weighted by molar-refractivity contribution is -0.118. The van der Waals surface area contributed by atoms with Gasteiger partial charge in [0.15, 0.2) is 6.61 Å². The van der Waals surface area contributed by atoms with Gasteiger partial charge in [0.1, 0.15) is 5.75 Å². The molecule has 8 nitrogen and oxygen atoms in total. The van der Waals surface area contributed by atoms with Crippen LogP contribution in [0, 0.1) is 0 Å². The maximum absolute atomic E-state index is 12.4. The first kappa shape index (κ1) is 25.1. The van der Waals surface area contributed by atoms with Crippen LogP contribution in [-0.4, -0.2) is 33.1 Å². The van der Waals surface area contributed by atoms with Gasteiger partial charge in [-0.2, -0.15) is 0 Å². The topological polar surface area (TPSA) is 105 Å². The number of carbonyl (C=O) groups is 2. The average Bonchev–Trinajstić information content (AvgIpc) is 2.76. The standard InChI is InChI=1S/C24H24ClN3O5S/c1-17(29)26-19-7-5-8-20(14-19)27-24(30)16-33-22-12-10-21(11-13-22)28(34(2,31)32)15-18-6-3-4-9-23(18)25/h3-14H,15-16H2,1-2H3,(H,26,29)(H,27,30). The third-order valence-corrected chi connectivity index (χ3v) is 6.14. The van der Waals surface area contributed by atoms with Crippen molar-refractivity contribution in [3.63, 3.8) is 0 Å². The minimum absolute atomic E-state index is 0.0820. The molecule has 0 unspecified atom stereocenters. The normalized spacial score (nSPS) is 10.9. The number of halogens is 1. The minimum Gasteiger partial charge on any atom is -0.484 e. The van der Waals surface area contributed by atoms with Crippen LogP contribution in [0.5, 0.6) is 5.75 Å². The number of ether oxygens (including phenoxy) is 1. The van der Waals surface area contributed by atoms with Crippen LogP contribution in [0.1, 0.15) is 12.5 Å². The number of anilines is 3. The molecule has 0 aliphatic heterocycles. The van der Waals surface area contributed by atoms with Gasteiger partial charge in [0, 0.05) is 23.3 Å². The minimum atomic E-state index is -3.57. The summed E-state index contributed by atoms with van der Waals surface area (Å²) < 4.78 is 31.5.